The van der Waals surface area contributed by atoms with Crippen molar-refractivity contribution in [3.63, 3.8) is 0 Å². The van der Waals surface area contributed by atoms with Crippen LogP contribution in [0.1, 0.15) is 33.6 Å². The van der Waals surface area contributed by atoms with Gasteiger partial charge in [0.2, 0.25) is 0 Å². The minimum Gasteiger partial charge on any atom is -0.390 e. The summed E-state index contributed by atoms with van der Waals surface area (Å²) in [5.74, 6) is 0.913. The van der Waals surface area contributed by atoms with Crippen LogP contribution in [0.2, 0.25) is 0 Å². The van der Waals surface area contributed by atoms with Gasteiger partial charge in [-0.05, 0) is 37.0 Å². The number of rotatable bonds is 0. The lowest BCUT2D eigenvalue weighted by Crippen LogP contribution is -2.66. The Morgan fingerprint density at radius 3 is 2.08 bits per heavy atom. The van der Waals surface area contributed by atoms with Crippen LogP contribution < -0.4 is 0 Å². The van der Waals surface area contributed by atoms with Gasteiger partial charge in [0.15, 0.2) is 0 Å². The maximum Gasteiger partial charge on any atom is 0.0910 e. The Balaban J connectivity index is 2.27. The van der Waals surface area contributed by atoms with Crippen molar-refractivity contribution in [2.24, 2.45) is 17.3 Å². The van der Waals surface area contributed by atoms with E-state index in [1.165, 1.54) is 0 Å². The molecule has 0 amide bonds. The normalized spacial score (nSPS) is 56.2. The van der Waals surface area contributed by atoms with Crippen molar-refractivity contribution in [3.05, 3.63) is 0 Å². The van der Waals surface area contributed by atoms with Crippen molar-refractivity contribution >= 4 is 0 Å². The lowest BCUT2D eigenvalue weighted by molar-refractivity contribution is -0.245. The zero-order chi connectivity index (χ0) is 9.15. The zero-order valence-corrected chi connectivity index (χ0v) is 8.04. The fourth-order valence-electron chi connectivity index (χ4n) is 3.15. The fraction of sp³-hybridized carbons (Fsp3) is 1.00. The Morgan fingerprint density at radius 1 is 1.17 bits per heavy atom. The van der Waals surface area contributed by atoms with Crippen LogP contribution in [0.15, 0.2) is 0 Å². The minimum absolute atomic E-state index is 0.239. The third kappa shape index (κ3) is 0.775. The number of fused-ring (bicyclic) bond motifs is 2. The monoisotopic (exact) mass is 170 g/mol. The largest absolute Gasteiger partial charge is 0.390 e. The Kier molecular flexibility index (Phi) is 1.45. The van der Waals surface area contributed by atoms with Crippen LogP contribution in [0, 0.1) is 17.3 Å². The molecule has 0 radical (unpaired) electrons. The van der Waals surface area contributed by atoms with Crippen LogP contribution in [0.5, 0.6) is 0 Å². The molecule has 0 aromatic heterocycles. The van der Waals surface area contributed by atoms with Crippen molar-refractivity contribution in [2.75, 3.05) is 0 Å². The van der Waals surface area contributed by atoms with Gasteiger partial charge in [-0.15, -0.1) is 0 Å². The molecule has 4 atom stereocenters. The van der Waals surface area contributed by atoms with E-state index in [4.69, 9.17) is 0 Å². The van der Waals surface area contributed by atoms with E-state index in [1.807, 2.05) is 0 Å². The second-order valence-electron chi connectivity index (χ2n) is 5.28. The lowest BCUT2D eigenvalue weighted by atomic mass is 9.43. The number of aliphatic hydroxyl groups is 2. The summed E-state index contributed by atoms with van der Waals surface area (Å²) >= 11 is 0. The van der Waals surface area contributed by atoms with E-state index in [-0.39, 0.29) is 5.41 Å². The van der Waals surface area contributed by atoms with E-state index < -0.39 is 11.7 Å². The average Bonchev–Trinajstić information content (AvgIpc) is 1.93. The molecule has 2 heteroatoms. The van der Waals surface area contributed by atoms with Crippen LogP contribution in [0.3, 0.4) is 0 Å². The van der Waals surface area contributed by atoms with Crippen molar-refractivity contribution in [3.8, 4) is 0 Å². The molecule has 2 nitrogen and oxygen atoms in total. The molecular formula is C10H18O2. The molecule has 2 bridgehead atoms. The van der Waals surface area contributed by atoms with Gasteiger partial charge in [0, 0.05) is 0 Å². The molecule has 0 unspecified atom stereocenters. The summed E-state index contributed by atoms with van der Waals surface area (Å²) in [5, 5.41) is 19.7. The predicted octanol–water partition coefficient (Wildman–Crippen LogP) is 1.16. The van der Waals surface area contributed by atoms with Crippen LogP contribution in [0.25, 0.3) is 0 Å². The Bertz CT molecular complexity index is 208. The first-order chi connectivity index (χ1) is 5.37. The van der Waals surface area contributed by atoms with E-state index in [1.54, 1.807) is 6.92 Å². The van der Waals surface area contributed by atoms with Gasteiger partial charge in [0.25, 0.3) is 0 Å². The molecule has 3 fully saturated rings. The van der Waals surface area contributed by atoms with E-state index in [2.05, 4.69) is 13.8 Å². The second kappa shape index (κ2) is 2.05. The summed E-state index contributed by atoms with van der Waals surface area (Å²) in [6.45, 7) is 6.18. The van der Waals surface area contributed by atoms with Gasteiger partial charge >= 0.3 is 0 Å². The van der Waals surface area contributed by atoms with Crippen LogP contribution in [-0.2, 0) is 0 Å². The fourth-order valence-corrected chi connectivity index (χ4v) is 3.15. The molecule has 12 heavy (non-hydrogen) atoms. The molecule has 0 aromatic carbocycles. The van der Waals surface area contributed by atoms with Gasteiger partial charge in [-0.1, -0.05) is 13.8 Å². The van der Waals surface area contributed by atoms with Crippen LogP contribution in [-0.4, -0.2) is 21.9 Å². The maximum atomic E-state index is 10.0. The summed E-state index contributed by atoms with van der Waals surface area (Å²) in [6, 6.07) is 0. The highest BCUT2D eigenvalue weighted by Crippen LogP contribution is 2.62. The first-order valence-electron chi connectivity index (χ1n) is 4.77. The maximum absolute atomic E-state index is 10.0. The highest BCUT2D eigenvalue weighted by molar-refractivity contribution is 5.12. The quantitative estimate of drug-likeness (QED) is 0.573. The summed E-state index contributed by atoms with van der Waals surface area (Å²) in [4.78, 5) is 0. The van der Waals surface area contributed by atoms with Gasteiger partial charge in [-0.2, -0.15) is 0 Å². The molecule has 0 spiro atoms. The highest BCUT2D eigenvalue weighted by Gasteiger charge is 2.62. The van der Waals surface area contributed by atoms with Gasteiger partial charge in [-0.3, -0.25) is 0 Å². The Hall–Kier alpha value is -0.0800. The summed E-state index contributed by atoms with van der Waals surface area (Å²) in [5.41, 5.74) is -0.610. The lowest BCUT2D eigenvalue weighted by Gasteiger charge is -2.64. The third-order valence-electron chi connectivity index (χ3n) is 4.36. The summed E-state index contributed by atoms with van der Waals surface area (Å²) in [6.07, 6.45) is 1.36. The molecule has 2 N–H and O–H groups in total. The first kappa shape index (κ1) is 8.52. The van der Waals surface area contributed by atoms with E-state index in [0.29, 0.717) is 11.8 Å². The predicted molar refractivity (Wildman–Crippen MR) is 46.6 cm³/mol. The van der Waals surface area contributed by atoms with Gasteiger partial charge in [0.05, 0.1) is 11.7 Å². The standard InChI is InChI=1S/C10H18O2/c1-9(2)6-4-7(9)10(3,12)8(11)5-6/h6-8,11-12H,4-5H2,1-3H3/t6-,7-,8+,10+/m1/s1. The molecule has 70 valence electrons. The molecule has 0 saturated heterocycles. The minimum atomic E-state index is -0.849. The molecular weight excluding hydrogens is 152 g/mol. The van der Waals surface area contributed by atoms with Crippen LogP contribution in [0.4, 0.5) is 0 Å². The van der Waals surface area contributed by atoms with E-state index >= 15 is 0 Å². The average molecular weight is 170 g/mol. The van der Waals surface area contributed by atoms with Gasteiger partial charge < -0.3 is 10.2 Å². The second-order valence-corrected chi connectivity index (χ2v) is 5.28. The van der Waals surface area contributed by atoms with Crippen molar-refractivity contribution in [2.45, 2.75) is 45.3 Å². The SMILES string of the molecule is CC1(C)[C@@H]2C[C@H]1[C@](C)(O)[C@@H](O)C2. The molecule has 0 aliphatic heterocycles. The smallest absolute Gasteiger partial charge is 0.0910 e. The number of hydrogen-bond acceptors (Lipinski definition) is 2. The summed E-state index contributed by atoms with van der Waals surface area (Å²) < 4.78 is 0. The molecule has 0 aromatic rings. The number of hydrogen-bond donors (Lipinski definition) is 2. The topological polar surface area (TPSA) is 40.5 Å². The van der Waals surface area contributed by atoms with E-state index in [9.17, 15) is 10.2 Å². The Morgan fingerprint density at radius 2 is 1.75 bits per heavy atom. The van der Waals surface area contributed by atoms with E-state index in [0.717, 1.165) is 12.8 Å². The van der Waals surface area contributed by atoms with Crippen molar-refractivity contribution in [1.29, 1.82) is 0 Å². The van der Waals surface area contributed by atoms with Crippen LogP contribution >= 0.6 is 0 Å². The van der Waals surface area contributed by atoms with Gasteiger partial charge in [-0.25, -0.2) is 0 Å². The first-order valence-corrected chi connectivity index (χ1v) is 4.77. The van der Waals surface area contributed by atoms with Crippen molar-refractivity contribution < 1.29 is 10.2 Å². The molecule has 3 saturated carbocycles. The highest BCUT2D eigenvalue weighted by atomic mass is 16.3. The Labute approximate surface area is 73.6 Å². The molecule has 3 aliphatic carbocycles. The molecule has 0 heterocycles. The summed E-state index contributed by atoms with van der Waals surface area (Å²) in [7, 11) is 0. The molecule has 3 aliphatic rings. The van der Waals surface area contributed by atoms with Gasteiger partial charge in [0.1, 0.15) is 0 Å². The third-order valence-corrected chi connectivity index (χ3v) is 4.36. The van der Waals surface area contributed by atoms with Crippen molar-refractivity contribution in [1.82, 2.24) is 0 Å². The molecule has 3 rings (SSSR count). The number of aliphatic hydroxyl groups excluding tert-OH is 1. The zero-order valence-electron chi connectivity index (χ0n) is 8.04.